The fraction of sp³-hybridized carbons (Fsp3) is 0.273. The number of carbonyl (C=O) groups excluding carboxylic acids is 1. The summed E-state index contributed by atoms with van der Waals surface area (Å²) in [6, 6.07) is 15.3. The van der Waals surface area contributed by atoms with Crippen LogP contribution in [-0.4, -0.2) is 41.5 Å². The van der Waals surface area contributed by atoms with E-state index in [1.165, 1.54) is 4.31 Å². The van der Waals surface area contributed by atoms with Crippen molar-refractivity contribution in [3.8, 4) is 0 Å². The normalized spacial score (nSPS) is 15.6. The van der Waals surface area contributed by atoms with E-state index in [1.54, 1.807) is 65.5 Å². The highest BCUT2D eigenvalue weighted by atomic mass is 35.5. The van der Waals surface area contributed by atoms with Gasteiger partial charge < -0.3 is 5.32 Å². The van der Waals surface area contributed by atoms with Gasteiger partial charge in [0.2, 0.25) is 15.9 Å². The molecule has 7 nitrogen and oxygen atoms in total. The number of sulfonamides is 1. The van der Waals surface area contributed by atoms with Gasteiger partial charge in [0.1, 0.15) is 5.82 Å². The number of nitrogens with zero attached hydrogens (tertiary/aromatic N) is 3. The van der Waals surface area contributed by atoms with E-state index in [2.05, 4.69) is 10.4 Å². The number of hydrogen-bond acceptors (Lipinski definition) is 4. The first-order chi connectivity index (χ1) is 15.4. The van der Waals surface area contributed by atoms with Crippen molar-refractivity contribution in [1.82, 2.24) is 14.1 Å². The zero-order valence-corrected chi connectivity index (χ0v) is 19.4. The molecule has 1 aliphatic rings. The van der Waals surface area contributed by atoms with Crippen LogP contribution < -0.4 is 5.32 Å². The fourth-order valence-electron chi connectivity index (χ4n) is 3.73. The number of piperidine rings is 1. The van der Waals surface area contributed by atoms with E-state index in [0.29, 0.717) is 48.3 Å². The molecule has 10 heteroatoms. The Balaban J connectivity index is 1.39. The Hall–Kier alpha value is -2.39. The van der Waals surface area contributed by atoms with Crippen molar-refractivity contribution in [3.63, 3.8) is 0 Å². The molecule has 2 heterocycles. The number of aromatic nitrogens is 2. The first kappa shape index (κ1) is 22.8. The van der Waals surface area contributed by atoms with Crippen molar-refractivity contribution < 1.29 is 13.2 Å². The molecule has 1 amide bonds. The highest BCUT2D eigenvalue weighted by Crippen LogP contribution is 2.27. The molecular formula is C22H22Cl2N4O3S. The van der Waals surface area contributed by atoms with Gasteiger partial charge in [0.25, 0.3) is 0 Å². The Kier molecular flexibility index (Phi) is 6.85. The third-order valence-electron chi connectivity index (χ3n) is 5.54. The summed E-state index contributed by atoms with van der Waals surface area (Å²) in [4.78, 5) is 13.1. The molecule has 0 spiro atoms. The van der Waals surface area contributed by atoms with Crippen molar-refractivity contribution in [2.75, 3.05) is 18.4 Å². The lowest BCUT2D eigenvalue weighted by Gasteiger charge is -2.30. The van der Waals surface area contributed by atoms with Gasteiger partial charge in [-0.05, 0) is 37.1 Å². The van der Waals surface area contributed by atoms with Crippen LogP contribution in [0.1, 0.15) is 18.4 Å². The number of amides is 1. The maximum atomic E-state index is 12.9. The number of carbonyl (C=O) groups is 1. The summed E-state index contributed by atoms with van der Waals surface area (Å²) in [5.74, 6) is 0.0866. The van der Waals surface area contributed by atoms with E-state index in [-0.39, 0.29) is 16.7 Å². The van der Waals surface area contributed by atoms with Crippen molar-refractivity contribution in [2.45, 2.75) is 24.3 Å². The molecule has 0 unspecified atom stereocenters. The Morgan fingerprint density at radius 2 is 1.66 bits per heavy atom. The third kappa shape index (κ3) is 4.83. The van der Waals surface area contributed by atoms with Gasteiger partial charge in [-0.2, -0.15) is 9.40 Å². The van der Waals surface area contributed by atoms with Crippen LogP contribution >= 0.6 is 23.2 Å². The quantitative estimate of drug-likeness (QED) is 0.556. The van der Waals surface area contributed by atoms with E-state index >= 15 is 0 Å². The molecule has 1 N–H and O–H groups in total. The molecule has 32 heavy (non-hydrogen) atoms. The minimum absolute atomic E-state index is 0.159. The number of halogens is 2. The van der Waals surface area contributed by atoms with Crippen molar-refractivity contribution in [3.05, 3.63) is 76.4 Å². The molecule has 1 saturated heterocycles. The first-order valence-corrected chi connectivity index (χ1v) is 12.4. The highest BCUT2D eigenvalue weighted by molar-refractivity contribution is 7.89. The molecule has 1 aliphatic heterocycles. The van der Waals surface area contributed by atoms with Crippen LogP contribution in [0.3, 0.4) is 0 Å². The van der Waals surface area contributed by atoms with E-state index in [4.69, 9.17) is 23.2 Å². The van der Waals surface area contributed by atoms with Gasteiger partial charge in [0.15, 0.2) is 0 Å². The second kappa shape index (κ2) is 9.62. The molecule has 4 rings (SSSR count). The Labute approximate surface area is 197 Å². The largest absolute Gasteiger partial charge is 0.311 e. The molecular weight excluding hydrogens is 471 g/mol. The molecule has 0 aliphatic carbocycles. The van der Waals surface area contributed by atoms with Gasteiger partial charge in [0, 0.05) is 40.7 Å². The average molecular weight is 493 g/mol. The number of nitrogens with one attached hydrogen (secondary N) is 1. The highest BCUT2D eigenvalue weighted by Gasteiger charge is 2.32. The second-order valence-corrected chi connectivity index (χ2v) is 10.3. The maximum Gasteiger partial charge on any atom is 0.243 e. The summed E-state index contributed by atoms with van der Waals surface area (Å²) in [6.07, 6.45) is 2.49. The first-order valence-electron chi connectivity index (χ1n) is 10.2. The summed E-state index contributed by atoms with van der Waals surface area (Å²) in [5.41, 5.74) is 0.717. The minimum Gasteiger partial charge on any atom is -0.311 e. The van der Waals surface area contributed by atoms with Gasteiger partial charge in [-0.3, -0.25) is 4.79 Å². The molecule has 168 valence electrons. The van der Waals surface area contributed by atoms with Crippen molar-refractivity contribution in [1.29, 1.82) is 0 Å². The molecule has 1 fully saturated rings. The maximum absolute atomic E-state index is 12.9. The number of hydrogen-bond donors (Lipinski definition) is 1. The summed E-state index contributed by atoms with van der Waals surface area (Å²) < 4.78 is 28.6. The van der Waals surface area contributed by atoms with Crippen LogP contribution in [0, 0.1) is 5.92 Å². The van der Waals surface area contributed by atoms with Crippen LogP contribution in [0.4, 0.5) is 5.82 Å². The summed E-state index contributed by atoms with van der Waals surface area (Å²) in [6.45, 7) is 0.905. The SMILES string of the molecule is O=C(Nc1ccnn1Cc1c(Cl)cccc1Cl)C1CCN(S(=O)(=O)c2ccccc2)CC1. The predicted molar refractivity (Wildman–Crippen MR) is 124 cm³/mol. The van der Waals surface area contributed by atoms with E-state index in [0.717, 1.165) is 5.56 Å². The minimum atomic E-state index is -3.55. The Bertz CT molecular complexity index is 1190. The zero-order chi connectivity index (χ0) is 22.7. The average Bonchev–Trinajstić information content (AvgIpc) is 3.23. The van der Waals surface area contributed by atoms with Gasteiger partial charge >= 0.3 is 0 Å². The van der Waals surface area contributed by atoms with Gasteiger partial charge in [-0.25, -0.2) is 13.1 Å². The molecule has 3 aromatic rings. The van der Waals surface area contributed by atoms with Gasteiger partial charge in [0.05, 0.1) is 17.6 Å². The van der Waals surface area contributed by atoms with Crippen LogP contribution in [0.2, 0.25) is 10.0 Å². The number of anilines is 1. The third-order valence-corrected chi connectivity index (χ3v) is 8.16. The predicted octanol–water partition coefficient (Wildman–Crippen LogP) is 4.28. The van der Waals surface area contributed by atoms with Crippen molar-refractivity contribution in [2.24, 2.45) is 5.92 Å². The molecule has 0 saturated carbocycles. The standard InChI is InChI=1S/C22H22Cl2N4O3S/c23-19-7-4-8-20(24)18(19)15-28-21(9-12-25-28)26-22(29)16-10-13-27(14-11-16)32(30,31)17-5-2-1-3-6-17/h1-9,12,16H,10-11,13-15H2,(H,26,29). The molecule has 2 aromatic carbocycles. The lowest BCUT2D eigenvalue weighted by atomic mass is 9.97. The Morgan fingerprint density at radius 1 is 1.00 bits per heavy atom. The van der Waals surface area contributed by atoms with Gasteiger partial charge in [-0.15, -0.1) is 0 Å². The lowest BCUT2D eigenvalue weighted by molar-refractivity contribution is -0.121. The van der Waals surface area contributed by atoms with Crippen LogP contribution in [0.15, 0.2) is 65.7 Å². The molecule has 0 atom stereocenters. The topological polar surface area (TPSA) is 84.3 Å². The monoisotopic (exact) mass is 492 g/mol. The molecule has 0 bridgehead atoms. The summed E-state index contributed by atoms with van der Waals surface area (Å²) >= 11 is 12.5. The summed E-state index contributed by atoms with van der Waals surface area (Å²) in [7, 11) is -3.55. The summed E-state index contributed by atoms with van der Waals surface area (Å²) in [5, 5.41) is 8.23. The van der Waals surface area contributed by atoms with E-state index < -0.39 is 10.0 Å². The smallest absolute Gasteiger partial charge is 0.243 e. The zero-order valence-electron chi connectivity index (χ0n) is 17.1. The second-order valence-electron chi connectivity index (χ2n) is 7.55. The Morgan fingerprint density at radius 3 is 2.31 bits per heavy atom. The van der Waals surface area contributed by atoms with Gasteiger partial charge in [-0.1, -0.05) is 47.5 Å². The van der Waals surface area contributed by atoms with Crippen LogP contribution in [-0.2, 0) is 21.4 Å². The van der Waals surface area contributed by atoms with Crippen LogP contribution in [0.5, 0.6) is 0 Å². The lowest BCUT2D eigenvalue weighted by Crippen LogP contribution is -2.41. The van der Waals surface area contributed by atoms with Crippen LogP contribution in [0.25, 0.3) is 0 Å². The fourth-order valence-corrected chi connectivity index (χ4v) is 5.73. The molecule has 0 radical (unpaired) electrons. The van der Waals surface area contributed by atoms with Crippen molar-refractivity contribution >= 4 is 45.0 Å². The number of rotatable bonds is 6. The molecule has 1 aromatic heterocycles. The number of benzene rings is 2. The van der Waals surface area contributed by atoms with E-state index in [9.17, 15) is 13.2 Å². The van der Waals surface area contributed by atoms with E-state index in [1.807, 2.05) is 0 Å².